The summed E-state index contributed by atoms with van der Waals surface area (Å²) in [6, 6.07) is 8.09. The van der Waals surface area contributed by atoms with Crippen molar-refractivity contribution in [2.75, 3.05) is 26.0 Å². The molecule has 134 valence electrons. The molecule has 0 heterocycles. The second-order valence-electron chi connectivity index (χ2n) is 5.11. The van der Waals surface area contributed by atoms with Gasteiger partial charge in [-0.3, -0.25) is 4.79 Å². The topological polar surface area (TPSA) is 75.7 Å². The Kier molecular flexibility index (Phi) is 5.70. The molecule has 2 aromatic carbocycles. The quantitative estimate of drug-likeness (QED) is 0.846. The first-order valence-electron chi connectivity index (χ1n) is 7.09. The van der Waals surface area contributed by atoms with Gasteiger partial charge in [0.25, 0.3) is 0 Å². The molecule has 0 atom stereocenters. The molecule has 0 bridgehead atoms. The van der Waals surface area contributed by atoms with E-state index in [1.165, 1.54) is 32.4 Å². The molecule has 0 saturated heterocycles. The molecule has 0 aromatic heterocycles. The highest BCUT2D eigenvalue weighted by molar-refractivity contribution is 7.89. The van der Waals surface area contributed by atoms with E-state index >= 15 is 0 Å². The number of benzene rings is 2. The average Bonchev–Trinajstić information content (AvgIpc) is 2.56. The third kappa shape index (κ3) is 4.52. The van der Waals surface area contributed by atoms with Gasteiger partial charge in [0.15, 0.2) is 0 Å². The number of nitrogens with zero attached hydrogens (tertiary/aromatic N) is 1. The maximum atomic E-state index is 13.4. The Morgan fingerprint density at radius 1 is 1.12 bits per heavy atom. The van der Waals surface area contributed by atoms with Crippen molar-refractivity contribution in [3.8, 4) is 5.75 Å². The number of sulfonamides is 1. The molecular formula is C16H16F2N2O4S. The zero-order chi connectivity index (χ0) is 18.6. The van der Waals surface area contributed by atoms with Crippen LogP contribution in [0.4, 0.5) is 14.5 Å². The normalized spacial score (nSPS) is 11.4. The lowest BCUT2D eigenvalue weighted by Gasteiger charge is -2.18. The molecule has 1 N–H and O–H groups in total. The molecule has 0 fully saturated rings. The summed E-state index contributed by atoms with van der Waals surface area (Å²) in [5.74, 6) is -1.88. The third-order valence-electron chi connectivity index (χ3n) is 3.31. The molecule has 0 radical (unpaired) electrons. The van der Waals surface area contributed by atoms with E-state index in [0.717, 1.165) is 28.6 Å². The largest absolute Gasteiger partial charge is 0.495 e. The van der Waals surface area contributed by atoms with E-state index in [2.05, 4.69) is 5.32 Å². The lowest BCUT2D eigenvalue weighted by atomic mass is 10.3. The van der Waals surface area contributed by atoms with E-state index in [1.54, 1.807) is 0 Å². The monoisotopic (exact) mass is 370 g/mol. The van der Waals surface area contributed by atoms with Gasteiger partial charge in [-0.25, -0.2) is 17.2 Å². The van der Waals surface area contributed by atoms with Gasteiger partial charge in [0, 0.05) is 12.7 Å². The Morgan fingerprint density at radius 2 is 1.72 bits per heavy atom. The molecule has 2 rings (SSSR count). The second-order valence-corrected chi connectivity index (χ2v) is 7.12. The molecule has 2 aromatic rings. The molecule has 0 saturated carbocycles. The number of halogens is 2. The number of rotatable bonds is 6. The van der Waals surface area contributed by atoms with Crippen LogP contribution >= 0.6 is 0 Å². The molecule has 0 spiro atoms. The number of hydrogen-bond acceptors (Lipinski definition) is 4. The predicted octanol–water partition coefficient (Wildman–Crippen LogP) is 2.23. The fourth-order valence-electron chi connectivity index (χ4n) is 2.04. The van der Waals surface area contributed by atoms with Gasteiger partial charge < -0.3 is 10.1 Å². The number of carbonyl (C=O) groups excluding carboxylic acids is 1. The summed E-state index contributed by atoms with van der Waals surface area (Å²) in [7, 11) is -1.71. The van der Waals surface area contributed by atoms with Gasteiger partial charge in [-0.1, -0.05) is 0 Å². The SMILES string of the molecule is COc1ccc(F)cc1S(=O)(=O)N(C)CC(=O)Nc1ccc(F)cc1. The van der Waals surface area contributed by atoms with Crippen LogP contribution in [0.3, 0.4) is 0 Å². The maximum absolute atomic E-state index is 13.4. The zero-order valence-electron chi connectivity index (χ0n) is 13.5. The summed E-state index contributed by atoms with van der Waals surface area (Å²) in [4.78, 5) is 11.6. The highest BCUT2D eigenvalue weighted by Crippen LogP contribution is 2.26. The summed E-state index contributed by atoms with van der Waals surface area (Å²) in [5, 5.41) is 2.45. The van der Waals surface area contributed by atoms with Crippen molar-refractivity contribution in [3.05, 3.63) is 54.1 Å². The molecule has 0 aliphatic heterocycles. The highest BCUT2D eigenvalue weighted by Gasteiger charge is 2.27. The highest BCUT2D eigenvalue weighted by atomic mass is 32.2. The summed E-state index contributed by atoms with van der Waals surface area (Å²) >= 11 is 0. The first-order valence-corrected chi connectivity index (χ1v) is 8.53. The van der Waals surface area contributed by atoms with E-state index in [4.69, 9.17) is 4.74 Å². The van der Waals surface area contributed by atoms with Gasteiger partial charge >= 0.3 is 0 Å². The average molecular weight is 370 g/mol. The number of hydrogen-bond donors (Lipinski definition) is 1. The van der Waals surface area contributed by atoms with E-state index in [0.29, 0.717) is 5.69 Å². The van der Waals surface area contributed by atoms with Crippen LogP contribution in [0.2, 0.25) is 0 Å². The second kappa shape index (κ2) is 7.58. The van der Waals surface area contributed by atoms with Crippen LogP contribution in [0.25, 0.3) is 0 Å². The third-order valence-corrected chi connectivity index (χ3v) is 5.13. The zero-order valence-corrected chi connectivity index (χ0v) is 14.3. The van der Waals surface area contributed by atoms with Crippen molar-refractivity contribution in [1.29, 1.82) is 0 Å². The molecule has 0 aliphatic carbocycles. The number of methoxy groups -OCH3 is 1. The minimum Gasteiger partial charge on any atom is -0.495 e. The van der Waals surface area contributed by atoms with E-state index in [1.807, 2.05) is 0 Å². The molecule has 6 nitrogen and oxygen atoms in total. The van der Waals surface area contributed by atoms with Crippen molar-refractivity contribution in [1.82, 2.24) is 4.31 Å². The van der Waals surface area contributed by atoms with Gasteiger partial charge in [-0.05, 0) is 42.5 Å². The number of nitrogens with one attached hydrogen (secondary N) is 1. The Hall–Kier alpha value is -2.52. The smallest absolute Gasteiger partial charge is 0.247 e. The lowest BCUT2D eigenvalue weighted by Crippen LogP contribution is -2.35. The van der Waals surface area contributed by atoms with E-state index < -0.39 is 34.1 Å². The Morgan fingerprint density at radius 3 is 2.32 bits per heavy atom. The molecular weight excluding hydrogens is 354 g/mol. The number of amides is 1. The number of carbonyl (C=O) groups is 1. The van der Waals surface area contributed by atoms with Gasteiger partial charge in [-0.2, -0.15) is 4.31 Å². The molecule has 0 unspecified atom stereocenters. The fourth-order valence-corrected chi connectivity index (χ4v) is 3.33. The van der Waals surface area contributed by atoms with Crippen LogP contribution in [0.1, 0.15) is 0 Å². The van der Waals surface area contributed by atoms with Gasteiger partial charge in [0.1, 0.15) is 22.3 Å². The predicted molar refractivity (Wildman–Crippen MR) is 87.8 cm³/mol. The van der Waals surface area contributed by atoms with E-state index in [9.17, 15) is 22.0 Å². The van der Waals surface area contributed by atoms with Gasteiger partial charge in [0.05, 0.1) is 13.7 Å². The van der Waals surface area contributed by atoms with Crippen LogP contribution in [0, 0.1) is 11.6 Å². The summed E-state index contributed by atoms with van der Waals surface area (Å²) in [6.45, 7) is -0.515. The number of ether oxygens (including phenoxy) is 1. The van der Waals surface area contributed by atoms with Crippen molar-refractivity contribution in [2.45, 2.75) is 4.90 Å². The van der Waals surface area contributed by atoms with Crippen LogP contribution in [0.5, 0.6) is 5.75 Å². The Bertz CT molecular complexity index is 870. The molecule has 25 heavy (non-hydrogen) atoms. The first kappa shape index (κ1) is 18.8. The summed E-state index contributed by atoms with van der Waals surface area (Å²) in [6.07, 6.45) is 0. The van der Waals surface area contributed by atoms with Crippen molar-refractivity contribution in [2.24, 2.45) is 0 Å². The van der Waals surface area contributed by atoms with E-state index in [-0.39, 0.29) is 10.6 Å². The summed E-state index contributed by atoms with van der Waals surface area (Å²) in [5.41, 5.74) is 0.320. The maximum Gasteiger partial charge on any atom is 0.247 e. The van der Waals surface area contributed by atoms with Crippen molar-refractivity contribution in [3.63, 3.8) is 0 Å². The minimum absolute atomic E-state index is 0.0350. The molecule has 1 amide bonds. The number of anilines is 1. The Labute approximate surface area is 144 Å². The fraction of sp³-hybridized carbons (Fsp3) is 0.188. The number of likely N-dealkylation sites (N-methyl/N-ethyl adjacent to an activating group) is 1. The van der Waals surface area contributed by atoms with Gasteiger partial charge in [0.2, 0.25) is 15.9 Å². The van der Waals surface area contributed by atoms with Crippen molar-refractivity contribution >= 4 is 21.6 Å². The van der Waals surface area contributed by atoms with Crippen LogP contribution in [0.15, 0.2) is 47.4 Å². The van der Waals surface area contributed by atoms with Crippen molar-refractivity contribution < 1.29 is 26.7 Å². The van der Waals surface area contributed by atoms with Crippen LogP contribution < -0.4 is 10.1 Å². The standard InChI is InChI=1S/C16H16F2N2O4S/c1-20(10-16(21)19-13-6-3-11(17)4-7-13)25(22,23)15-9-12(18)5-8-14(15)24-2/h3-9H,10H2,1-2H3,(H,19,21). The van der Waals surface area contributed by atoms with Crippen LogP contribution in [-0.2, 0) is 14.8 Å². The minimum atomic E-state index is -4.15. The summed E-state index contributed by atoms with van der Waals surface area (Å²) < 4.78 is 57.1. The van der Waals surface area contributed by atoms with Crippen LogP contribution in [-0.4, -0.2) is 39.3 Å². The lowest BCUT2D eigenvalue weighted by molar-refractivity contribution is -0.116. The van der Waals surface area contributed by atoms with Gasteiger partial charge in [-0.15, -0.1) is 0 Å². The Balaban J connectivity index is 2.16. The molecule has 9 heteroatoms. The molecule has 0 aliphatic rings. The first-order chi connectivity index (χ1) is 11.7.